The van der Waals surface area contributed by atoms with Crippen molar-refractivity contribution in [3.8, 4) is 11.5 Å². The van der Waals surface area contributed by atoms with Gasteiger partial charge in [-0.05, 0) is 18.4 Å². The van der Waals surface area contributed by atoms with Gasteiger partial charge in [-0.25, -0.2) is 4.79 Å². The molecular weight excluding hydrogens is 306 g/mol. The molecule has 0 saturated carbocycles. The minimum atomic E-state index is -0.732. The second-order valence-electron chi connectivity index (χ2n) is 4.43. The highest BCUT2D eigenvalue weighted by Crippen LogP contribution is 2.25. The number of benzene rings is 1. The van der Waals surface area contributed by atoms with E-state index in [1.165, 1.54) is 14.2 Å². The summed E-state index contributed by atoms with van der Waals surface area (Å²) in [4.78, 5) is 23.3. The van der Waals surface area contributed by atoms with Crippen molar-refractivity contribution in [3.63, 3.8) is 0 Å². The predicted molar refractivity (Wildman–Crippen MR) is 87.7 cm³/mol. The zero-order valence-electron chi connectivity index (χ0n) is 12.8. The van der Waals surface area contributed by atoms with Gasteiger partial charge in [0.15, 0.2) is 0 Å². The molecular formula is C14H21N3O4S. The molecule has 3 amide bonds. The van der Waals surface area contributed by atoms with E-state index in [9.17, 15) is 9.59 Å². The number of hydrogen-bond acceptors (Lipinski definition) is 5. The standard InChI is InChI=1S/C14H21N3O4S/c1-20-10-6-9(7-11(8-10)21-2)16-13(18)12(4-5-22-3)17-14(15)19/h6-8,12H,4-5H2,1-3H3,(H,16,18)(H3,15,17,19)/t12-/m0/s1. The van der Waals surface area contributed by atoms with Crippen LogP contribution in [0.2, 0.25) is 0 Å². The number of urea groups is 1. The number of hydrogen-bond donors (Lipinski definition) is 3. The normalized spacial score (nSPS) is 11.4. The smallest absolute Gasteiger partial charge is 0.312 e. The quantitative estimate of drug-likeness (QED) is 0.670. The molecule has 1 atom stereocenters. The van der Waals surface area contributed by atoms with Crippen LogP contribution in [0.3, 0.4) is 0 Å². The van der Waals surface area contributed by atoms with Gasteiger partial charge < -0.3 is 25.8 Å². The third-order valence-corrected chi connectivity index (χ3v) is 3.51. The predicted octanol–water partition coefficient (Wildman–Crippen LogP) is 1.43. The highest BCUT2D eigenvalue weighted by molar-refractivity contribution is 7.98. The van der Waals surface area contributed by atoms with Crippen LogP contribution in [0.5, 0.6) is 11.5 Å². The minimum Gasteiger partial charge on any atom is -0.497 e. The summed E-state index contributed by atoms with van der Waals surface area (Å²) < 4.78 is 10.3. The Hall–Kier alpha value is -2.09. The average Bonchev–Trinajstić information content (AvgIpc) is 2.50. The largest absolute Gasteiger partial charge is 0.497 e. The molecule has 0 aliphatic carbocycles. The van der Waals surface area contributed by atoms with E-state index in [0.717, 1.165) is 5.75 Å². The van der Waals surface area contributed by atoms with E-state index in [-0.39, 0.29) is 5.91 Å². The van der Waals surface area contributed by atoms with Gasteiger partial charge in [0.2, 0.25) is 5.91 Å². The summed E-state index contributed by atoms with van der Waals surface area (Å²) in [7, 11) is 3.05. The molecule has 4 N–H and O–H groups in total. The van der Waals surface area contributed by atoms with Gasteiger partial charge in [0.25, 0.3) is 0 Å². The lowest BCUT2D eigenvalue weighted by Crippen LogP contribution is -2.46. The number of primary amides is 1. The highest BCUT2D eigenvalue weighted by atomic mass is 32.2. The Balaban J connectivity index is 2.85. The van der Waals surface area contributed by atoms with Crippen molar-refractivity contribution in [2.24, 2.45) is 5.73 Å². The first kappa shape index (κ1) is 18.0. The summed E-state index contributed by atoms with van der Waals surface area (Å²) in [5.74, 6) is 1.49. The Morgan fingerprint density at radius 2 is 1.82 bits per heavy atom. The highest BCUT2D eigenvalue weighted by Gasteiger charge is 2.19. The van der Waals surface area contributed by atoms with Crippen molar-refractivity contribution in [3.05, 3.63) is 18.2 Å². The first-order valence-electron chi connectivity index (χ1n) is 6.59. The molecule has 22 heavy (non-hydrogen) atoms. The van der Waals surface area contributed by atoms with Crippen LogP contribution in [0.1, 0.15) is 6.42 Å². The van der Waals surface area contributed by atoms with Crippen molar-refractivity contribution in [1.29, 1.82) is 0 Å². The molecule has 1 aromatic rings. The molecule has 0 fully saturated rings. The number of ether oxygens (including phenoxy) is 2. The molecule has 1 rings (SSSR count). The van der Waals surface area contributed by atoms with E-state index in [4.69, 9.17) is 15.2 Å². The summed E-state index contributed by atoms with van der Waals surface area (Å²) >= 11 is 1.58. The minimum absolute atomic E-state index is 0.344. The summed E-state index contributed by atoms with van der Waals surface area (Å²) in [6.45, 7) is 0. The van der Waals surface area contributed by atoms with Crippen LogP contribution >= 0.6 is 11.8 Å². The molecule has 0 unspecified atom stereocenters. The molecule has 0 aliphatic rings. The van der Waals surface area contributed by atoms with E-state index in [0.29, 0.717) is 23.6 Å². The van der Waals surface area contributed by atoms with Crippen molar-refractivity contribution in [1.82, 2.24) is 5.32 Å². The van der Waals surface area contributed by atoms with Crippen molar-refractivity contribution in [2.45, 2.75) is 12.5 Å². The number of anilines is 1. The number of carbonyl (C=O) groups excluding carboxylic acids is 2. The molecule has 0 aliphatic heterocycles. The van der Waals surface area contributed by atoms with Gasteiger partial charge in [0.05, 0.1) is 14.2 Å². The molecule has 0 radical (unpaired) electrons. The molecule has 1 aromatic carbocycles. The van der Waals surface area contributed by atoms with Gasteiger partial charge in [-0.1, -0.05) is 0 Å². The van der Waals surface area contributed by atoms with E-state index >= 15 is 0 Å². The van der Waals surface area contributed by atoms with Crippen LogP contribution in [-0.2, 0) is 4.79 Å². The molecule has 0 saturated heterocycles. The SMILES string of the molecule is COc1cc(NC(=O)[C@H](CCSC)NC(N)=O)cc(OC)c1. The fraction of sp³-hybridized carbons (Fsp3) is 0.429. The Labute approximate surface area is 133 Å². The lowest BCUT2D eigenvalue weighted by molar-refractivity contribution is -0.117. The maximum absolute atomic E-state index is 12.3. The Morgan fingerprint density at radius 1 is 1.23 bits per heavy atom. The molecule has 0 bridgehead atoms. The number of nitrogens with two attached hydrogens (primary N) is 1. The second-order valence-corrected chi connectivity index (χ2v) is 5.42. The second kappa shape index (κ2) is 9.04. The third kappa shape index (κ3) is 5.72. The third-order valence-electron chi connectivity index (χ3n) is 2.86. The van der Waals surface area contributed by atoms with Crippen LogP contribution in [0.4, 0.5) is 10.5 Å². The lowest BCUT2D eigenvalue weighted by atomic mass is 10.2. The van der Waals surface area contributed by atoms with Gasteiger partial charge in [-0.2, -0.15) is 11.8 Å². The number of amides is 3. The zero-order chi connectivity index (χ0) is 16.5. The van der Waals surface area contributed by atoms with Gasteiger partial charge in [-0.3, -0.25) is 4.79 Å². The lowest BCUT2D eigenvalue weighted by Gasteiger charge is -2.17. The zero-order valence-corrected chi connectivity index (χ0v) is 13.7. The molecule has 7 nitrogen and oxygen atoms in total. The van der Waals surface area contributed by atoms with Crippen LogP contribution in [0.25, 0.3) is 0 Å². The van der Waals surface area contributed by atoms with Crippen LogP contribution in [0, 0.1) is 0 Å². The number of thioether (sulfide) groups is 1. The number of nitrogens with one attached hydrogen (secondary N) is 2. The maximum atomic E-state index is 12.3. The van der Waals surface area contributed by atoms with Gasteiger partial charge in [-0.15, -0.1) is 0 Å². The van der Waals surface area contributed by atoms with Gasteiger partial charge in [0.1, 0.15) is 17.5 Å². The summed E-state index contributed by atoms with van der Waals surface area (Å²) in [6.07, 6.45) is 2.41. The van der Waals surface area contributed by atoms with E-state index in [1.54, 1.807) is 30.0 Å². The van der Waals surface area contributed by atoms with Crippen molar-refractivity contribution >= 4 is 29.4 Å². The Bertz CT molecular complexity index is 503. The summed E-state index contributed by atoms with van der Waals surface area (Å²) in [5.41, 5.74) is 5.63. The first-order chi connectivity index (χ1) is 10.5. The van der Waals surface area contributed by atoms with Crippen LogP contribution in [0.15, 0.2) is 18.2 Å². The average molecular weight is 327 g/mol. The summed E-state index contributed by atoms with van der Waals surface area (Å²) in [6, 6.07) is 3.60. The number of carbonyl (C=O) groups is 2. The summed E-state index contributed by atoms with van der Waals surface area (Å²) in [5, 5.41) is 5.17. The van der Waals surface area contributed by atoms with E-state index in [2.05, 4.69) is 10.6 Å². The Morgan fingerprint density at radius 3 is 2.27 bits per heavy atom. The number of methoxy groups -OCH3 is 2. The van der Waals surface area contributed by atoms with Crippen molar-refractivity contribution < 1.29 is 19.1 Å². The fourth-order valence-corrected chi connectivity index (χ4v) is 2.26. The maximum Gasteiger partial charge on any atom is 0.312 e. The fourth-order valence-electron chi connectivity index (χ4n) is 1.79. The molecule has 8 heteroatoms. The van der Waals surface area contributed by atoms with E-state index in [1.807, 2.05) is 6.26 Å². The van der Waals surface area contributed by atoms with Gasteiger partial charge in [0, 0.05) is 23.9 Å². The van der Waals surface area contributed by atoms with Crippen LogP contribution < -0.4 is 25.8 Å². The topological polar surface area (TPSA) is 103 Å². The molecule has 0 heterocycles. The molecule has 0 spiro atoms. The van der Waals surface area contributed by atoms with E-state index < -0.39 is 12.1 Å². The molecule has 0 aromatic heterocycles. The van der Waals surface area contributed by atoms with Crippen molar-refractivity contribution in [2.75, 3.05) is 31.5 Å². The van der Waals surface area contributed by atoms with Gasteiger partial charge >= 0.3 is 6.03 Å². The monoisotopic (exact) mass is 327 g/mol. The number of rotatable bonds is 8. The first-order valence-corrected chi connectivity index (χ1v) is 7.98. The Kier molecular flexibility index (Phi) is 7.38. The molecule has 122 valence electrons. The van der Waals surface area contributed by atoms with Crippen LogP contribution in [-0.4, -0.2) is 44.2 Å².